The summed E-state index contributed by atoms with van der Waals surface area (Å²) in [6.45, 7) is 1.39. The Bertz CT molecular complexity index is 825. The number of ether oxygens (including phenoxy) is 3. The van der Waals surface area contributed by atoms with Gasteiger partial charge in [-0.25, -0.2) is 9.18 Å². The number of fused-ring (bicyclic) bond motifs is 1. The second kappa shape index (κ2) is 7.94. The van der Waals surface area contributed by atoms with Crippen molar-refractivity contribution in [2.24, 2.45) is 0 Å². The summed E-state index contributed by atoms with van der Waals surface area (Å²) in [7, 11) is 0. The fourth-order valence-corrected chi connectivity index (χ4v) is 2.56. The Morgan fingerprint density at radius 2 is 1.78 bits per heavy atom. The van der Waals surface area contributed by atoms with Crippen LogP contribution in [0.1, 0.15) is 6.92 Å². The monoisotopic (exact) mass is 375 g/mol. The van der Waals surface area contributed by atoms with E-state index in [0.29, 0.717) is 11.5 Å². The molecule has 0 saturated heterocycles. The summed E-state index contributed by atoms with van der Waals surface area (Å²) in [4.78, 5) is 23.8. The van der Waals surface area contributed by atoms with E-state index in [1.54, 1.807) is 31.2 Å². The Morgan fingerprint density at radius 1 is 1.15 bits per heavy atom. The highest BCUT2D eigenvalue weighted by Crippen LogP contribution is 2.33. The number of carbonyl (C=O) groups excluding carboxylic acids is 1. The zero-order chi connectivity index (χ0) is 19.4. The van der Waals surface area contributed by atoms with Gasteiger partial charge in [0.25, 0.3) is 5.91 Å². The largest absolute Gasteiger partial charge is 0.482 e. The van der Waals surface area contributed by atoms with Gasteiger partial charge in [0.15, 0.2) is 11.5 Å². The van der Waals surface area contributed by atoms with Gasteiger partial charge >= 0.3 is 5.97 Å². The second-order valence-electron chi connectivity index (χ2n) is 5.95. The third kappa shape index (κ3) is 4.46. The lowest BCUT2D eigenvalue weighted by Gasteiger charge is -2.31. The summed E-state index contributed by atoms with van der Waals surface area (Å²) in [6.07, 6.45) is -2.83. The Labute approximate surface area is 154 Å². The molecule has 0 aliphatic carbocycles. The minimum atomic E-state index is -1.34. The minimum Gasteiger partial charge on any atom is -0.482 e. The number of hydrogen-bond donors (Lipinski definition) is 2. The molecular weight excluding hydrogens is 357 g/mol. The molecule has 142 valence electrons. The van der Waals surface area contributed by atoms with Gasteiger partial charge in [0.2, 0.25) is 12.2 Å². The van der Waals surface area contributed by atoms with Gasteiger partial charge in [0.1, 0.15) is 17.7 Å². The van der Waals surface area contributed by atoms with E-state index in [2.05, 4.69) is 5.32 Å². The molecule has 3 rings (SSSR count). The molecule has 2 aromatic carbocycles. The average molecular weight is 375 g/mol. The number of hydrogen-bond acceptors (Lipinski definition) is 5. The number of halogens is 1. The third-order valence-corrected chi connectivity index (χ3v) is 3.93. The van der Waals surface area contributed by atoms with Gasteiger partial charge in [0.05, 0.1) is 6.54 Å². The number of amides is 1. The first-order chi connectivity index (χ1) is 12.9. The summed E-state index contributed by atoms with van der Waals surface area (Å²) in [5.41, 5.74) is 0. The number of nitrogens with one attached hydrogen (secondary N) is 1. The van der Waals surface area contributed by atoms with Gasteiger partial charge < -0.3 is 24.6 Å². The minimum absolute atomic E-state index is 0.178. The molecule has 2 aromatic rings. The van der Waals surface area contributed by atoms with E-state index in [1.807, 2.05) is 0 Å². The Balaban J connectivity index is 1.61. The van der Waals surface area contributed by atoms with Crippen LogP contribution in [0.3, 0.4) is 0 Å². The van der Waals surface area contributed by atoms with Crippen LogP contribution in [-0.2, 0) is 9.59 Å². The van der Waals surface area contributed by atoms with E-state index in [4.69, 9.17) is 14.2 Å². The number of carboxylic acid groups (broad SMARTS) is 1. The van der Waals surface area contributed by atoms with E-state index in [-0.39, 0.29) is 12.3 Å². The van der Waals surface area contributed by atoms with E-state index in [1.165, 1.54) is 12.1 Å². The zero-order valence-electron chi connectivity index (χ0n) is 14.4. The smallest absolute Gasteiger partial charge is 0.346 e. The molecule has 1 amide bonds. The zero-order valence-corrected chi connectivity index (χ0v) is 14.4. The predicted octanol–water partition coefficient (Wildman–Crippen LogP) is 2.00. The van der Waals surface area contributed by atoms with E-state index in [9.17, 15) is 19.1 Å². The van der Waals surface area contributed by atoms with Crippen LogP contribution in [0.2, 0.25) is 0 Å². The van der Waals surface area contributed by atoms with Crippen molar-refractivity contribution in [3.05, 3.63) is 54.3 Å². The molecule has 0 saturated carbocycles. The summed E-state index contributed by atoms with van der Waals surface area (Å²) >= 11 is 0. The van der Waals surface area contributed by atoms with Gasteiger partial charge in [-0.15, -0.1) is 0 Å². The van der Waals surface area contributed by atoms with Gasteiger partial charge in [-0.3, -0.25) is 4.79 Å². The number of para-hydroxylation sites is 2. The van der Waals surface area contributed by atoms with Gasteiger partial charge in [-0.05, 0) is 43.3 Å². The van der Waals surface area contributed by atoms with Crippen LogP contribution < -0.4 is 19.5 Å². The SMILES string of the molecule is CC1Oc2ccccc2OC1C(=O)NCC(Oc1ccc(F)cc1)C(=O)O. The van der Waals surface area contributed by atoms with Crippen molar-refractivity contribution in [1.29, 1.82) is 0 Å². The first kappa shape index (κ1) is 18.5. The standard InChI is InChI=1S/C19H18FNO6/c1-11-17(27-15-5-3-2-4-14(15)25-11)18(22)21-10-16(19(23)24)26-13-8-6-12(20)7-9-13/h2-9,11,16-17H,10H2,1H3,(H,21,22)(H,23,24). The van der Waals surface area contributed by atoms with Crippen molar-refractivity contribution in [2.75, 3.05) is 6.54 Å². The molecule has 3 unspecified atom stereocenters. The molecule has 0 spiro atoms. The Kier molecular flexibility index (Phi) is 5.44. The lowest BCUT2D eigenvalue weighted by molar-refractivity contribution is -0.145. The van der Waals surface area contributed by atoms with Crippen LogP contribution >= 0.6 is 0 Å². The number of carbonyl (C=O) groups is 2. The molecule has 2 N–H and O–H groups in total. The van der Waals surface area contributed by atoms with E-state index in [0.717, 1.165) is 12.1 Å². The molecule has 0 bridgehead atoms. The van der Waals surface area contributed by atoms with E-state index < -0.39 is 36.0 Å². The summed E-state index contributed by atoms with van der Waals surface area (Å²) in [5.74, 6) is -1.10. The lowest BCUT2D eigenvalue weighted by Crippen LogP contribution is -2.51. The molecule has 1 aliphatic rings. The molecular formula is C19H18FNO6. The van der Waals surface area contributed by atoms with E-state index >= 15 is 0 Å². The van der Waals surface area contributed by atoms with Crippen molar-refractivity contribution in [3.63, 3.8) is 0 Å². The highest BCUT2D eigenvalue weighted by molar-refractivity contribution is 5.83. The summed E-state index contributed by atoms with van der Waals surface area (Å²) in [6, 6.07) is 11.9. The molecule has 1 aliphatic heterocycles. The van der Waals surface area contributed by atoms with Crippen LogP contribution in [0.4, 0.5) is 4.39 Å². The number of carboxylic acids is 1. The summed E-state index contributed by atoms with van der Waals surface area (Å²) < 4.78 is 29.5. The maximum atomic E-state index is 12.9. The number of benzene rings is 2. The second-order valence-corrected chi connectivity index (χ2v) is 5.95. The first-order valence-electron chi connectivity index (χ1n) is 8.29. The Hall–Kier alpha value is -3.29. The lowest BCUT2D eigenvalue weighted by atomic mass is 10.1. The van der Waals surface area contributed by atoms with Crippen molar-refractivity contribution < 1.29 is 33.3 Å². The molecule has 7 nitrogen and oxygen atoms in total. The fourth-order valence-electron chi connectivity index (χ4n) is 2.56. The number of rotatable bonds is 6. The quantitative estimate of drug-likeness (QED) is 0.802. The molecule has 27 heavy (non-hydrogen) atoms. The van der Waals surface area contributed by atoms with Crippen LogP contribution in [-0.4, -0.2) is 41.8 Å². The van der Waals surface area contributed by atoms with Crippen LogP contribution in [0.5, 0.6) is 17.2 Å². The molecule has 0 fully saturated rings. The first-order valence-corrected chi connectivity index (χ1v) is 8.29. The fraction of sp³-hybridized carbons (Fsp3) is 0.263. The van der Waals surface area contributed by atoms with Crippen LogP contribution in [0, 0.1) is 5.82 Å². The predicted molar refractivity (Wildman–Crippen MR) is 92.4 cm³/mol. The van der Waals surface area contributed by atoms with Crippen LogP contribution in [0.25, 0.3) is 0 Å². The highest BCUT2D eigenvalue weighted by atomic mass is 19.1. The average Bonchev–Trinajstić information content (AvgIpc) is 2.65. The van der Waals surface area contributed by atoms with Crippen molar-refractivity contribution in [2.45, 2.75) is 25.2 Å². The number of aliphatic carboxylic acids is 1. The topological polar surface area (TPSA) is 94.1 Å². The molecule has 1 heterocycles. The highest BCUT2D eigenvalue weighted by Gasteiger charge is 2.34. The molecule has 8 heteroatoms. The molecule has 0 radical (unpaired) electrons. The molecule has 3 atom stereocenters. The molecule has 0 aromatic heterocycles. The maximum Gasteiger partial charge on any atom is 0.346 e. The third-order valence-electron chi connectivity index (χ3n) is 3.93. The maximum absolute atomic E-state index is 12.9. The van der Waals surface area contributed by atoms with Crippen LogP contribution in [0.15, 0.2) is 48.5 Å². The summed E-state index contributed by atoms with van der Waals surface area (Å²) in [5, 5.41) is 11.8. The normalized spacial score (nSPS) is 19.0. The Morgan fingerprint density at radius 3 is 2.41 bits per heavy atom. The van der Waals surface area contributed by atoms with Crippen molar-refractivity contribution in [3.8, 4) is 17.2 Å². The van der Waals surface area contributed by atoms with Crippen molar-refractivity contribution >= 4 is 11.9 Å². The van der Waals surface area contributed by atoms with Gasteiger partial charge in [-0.2, -0.15) is 0 Å². The van der Waals surface area contributed by atoms with Crippen molar-refractivity contribution in [1.82, 2.24) is 5.32 Å². The van der Waals surface area contributed by atoms with Gasteiger partial charge in [0, 0.05) is 0 Å². The van der Waals surface area contributed by atoms with Gasteiger partial charge in [-0.1, -0.05) is 12.1 Å².